The lowest BCUT2D eigenvalue weighted by molar-refractivity contribution is 0.201. The second kappa shape index (κ2) is 6.11. The number of hydrogen-bond acceptors (Lipinski definition) is 4. The Morgan fingerprint density at radius 3 is 2.42 bits per heavy atom. The molecule has 0 unspecified atom stereocenters. The molecule has 0 aliphatic carbocycles. The zero-order valence-electron chi connectivity index (χ0n) is 10.7. The van der Waals surface area contributed by atoms with Gasteiger partial charge in [0.05, 0.1) is 13.7 Å². The highest BCUT2D eigenvalue weighted by Crippen LogP contribution is 2.33. The first-order chi connectivity index (χ1) is 9.24. The summed E-state index contributed by atoms with van der Waals surface area (Å²) in [7, 11) is 1.57. The Balaban J connectivity index is 2.26. The SMILES string of the molecule is COc1cc(O)ccc1-c1ccc(OCCO)cc1. The zero-order valence-corrected chi connectivity index (χ0v) is 10.7. The van der Waals surface area contributed by atoms with Crippen molar-refractivity contribution in [3.8, 4) is 28.4 Å². The molecule has 0 aliphatic rings. The lowest BCUT2D eigenvalue weighted by Gasteiger charge is -2.10. The fourth-order valence-corrected chi connectivity index (χ4v) is 1.81. The normalized spacial score (nSPS) is 10.2. The molecule has 2 rings (SSSR count). The number of aliphatic hydroxyl groups excluding tert-OH is 1. The van der Waals surface area contributed by atoms with Gasteiger partial charge in [0.15, 0.2) is 0 Å². The number of aliphatic hydroxyl groups is 1. The maximum Gasteiger partial charge on any atom is 0.130 e. The molecule has 0 bridgehead atoms. The lowest BCUT2D eigenvalue weighted by atomic mass is 10.0. The Kier molecular flexibility index (Phi) is 4.26. The van der Waals surface area contributed by atoms with Crippen LogP contribution in [0.4, 0.5) is 0 Å². The zero-order chi connectivity index (χ0) is 13.7. The number of methoxy groups -OCH3 is 1. The van der Waals surface area contributed by atoms with Crippen molar-refractivity contribution in [2.75, 3.05) is 20.3 Å². The molecule has 19 heavy (non-hydrogen) atoms. The third-order valence-electron chi connectivity index (χ3n) is 2.71. The summed E-state index contributed by atoms with van der Waals surface area (Å²) in [4.78, 5) is 0. The largest absolute Gasteiger partial charge is 0.508 e. The molecule has 0 saturated heterocycles. The Morgan fingerprint density at radius 2 is 1.79 bits per heavy atom. The second-order valence-corrected chi connectivity index (χ2v) is 3.98. The third-order valence-corrected chi connectivity index (χ3v) is 2.71. The minimum absolute atomic E-state index is 0.00641. The van der Waals surface area contributed by atoms with Gasteiger partial charge in [-0.05, 0) is 29.8 Å². The monoisotopic (exact) mass is 260 g/mol. The average Bonchev–Trinajstić information content (AvgIpc) is 2.45. The standard InChI is InChI=1S/C15H16O4/c1-18-15-10-12(17)4-7-14(15)11-2-5-13(6-3-11)19-9-8-16/h2-7,10,16-17H,8-9H2,1H3. The van der Waals surface area contributed by atoms with Crippen molar-refractivity contribution in [3.63, 3.8) is 0 Å². The maximum atomic E-state index is 9.43. The minimum Gasteiger partial charge on any atom is -0.508 e. The van der Waals surface area contributed by atoms with E-state index in [-0.39, 0.29) is 19.0 Å². The lowest BCUT2D eigenvalue weighted by Crippen LogP contribution is -2.01. The molecular weight excluding hydrogens is 244 g/mol. The van der Waals surface area contributed by atoms with Crippen molar-refractivity contribution in [2.24, 2.45) is 0 Å². The smallest absolute Gasteiger partial charge is 0.130 e. The molecule has 0 saturated carbocycles. The molecule has 0 amide bonds. The molecule has 0 atom stereocenters. The number of aromatic hydroxyl groups is 1. The molecular formula is C15H16O4. The van der Waals surface area contributed by atoms with Gasteiger partial charge in [0, 0.05) is 11.6 Å². The van der Waals surface area contributed by atoms with Crippen LogP contribution in [0.5, 0.6) is 17.2 Å². The van der Waals surface area contributed by atoms with Crippen LogP contribution in [0, 0.1) is 0 Å². The first kappa shape index (κ1) is 13.2. The van der Waals surface area contributed by atoms with Gasteiger partial charge >= 0.3 is 0 Å². The maximum absolute atomic E-state index is 9.43. The van der Waals surface area contributed by atoms with Crippen LogP contribution in [0.25, 0.3) is 11.1 Å². The van der Waals surface area contributed by atoms with Gasteiger partial charge in [-0.1, -0.05) is 12.1 Å². The van der Waals surface area contributed by atoms with E-state index < -0.39 is 0 Å². The third kappa shape index (κ3) is 3.17. The number of rotatable bonds is 5. The molecule has 100 valence electrons. The van der Waals surface area contributed by atoms with E-state index in [1.165, 1.54) is 0 Å². The number of ether oxygens (including phenoxy) is 2. The molecule has 0 radical (unpaired) electrons. The van der Waals surface area contributed by atoms with Gasteiger partial charge in [-0.2, -0.15) is 0 Å². The summed E-state index contributed by atoms with van der Waals surface area (Å²) in [6.45, 7) is 0.273. The number of phenols is 1. The van der Waals surface area contributed by atoms with Crippen LogP contribution in [-0.2, 0) is 0 Å². The molecule has 2 aromatic carbocycles. The Morgan fingerprint density at radius 1 is 1.05 bits per heavy atom. The highest BCUT2D eigenvalue weighted by atomic mass is 16.5. The Hall–Kier alpha value is -2.20. The van der Waals surface area contributed by atoms with Gasteiger partial charge in [0.25, 0.3) is 0 Å². The summed E-state index contributed by atoms with van der Waals surface area (Å²) in [5, 5.41) is 18.1. The molecule has 4 nitrogen and oxygen atoms in total. The van der Waals surface area contributed by atoms with Gasteiger partial charge in [0.2, 0.25) is 0 Å². The Bertz CT molecular complexity index is 534. The van der Waals surface area contributed by atoms with Gasteiger partial charge in [-0.15, -0.1) is 0 Å². The second-order valence-electron chi connectivity index (χ2n) is 3.98. The van der Waals surface area contributed by atoms with E-state index in [1.807, 2.05) is 24.3 Å². The van der Waals surface area contributed by atoms with Crippen molar-refractivity contribution < 1.29 is 19.7 Å². The quantitative estimate of drug-likeness (QED) is 0.867. The molecule has 4 heteroatoms. The average molecular weight is 260 g/mol. The van der Waals surface area contributed by atoms with Crippen LogP contribution in [0.3, 0.4) is 0 Å². The van der Waals surface area contributed by atoms with Crippen LogP contribution in [-0.4, -0.2) is 30.5 Å². The molecule has 0 aliphatic heterocycles. The first-order valence-corrected chi connectivity index (χ1v) is 5.95. The van der Waals surface area contributed by atoms with Crippen LogP contribution in [0.15, 0.2) is 42.5 Å². The molecule has 2 aromatic rings. The first-order valence-electron chi connectivity index (χ1n) is 5.95. The number of phenolic OH excluding ortho intramolecular Hbond substituents is 1. The van der Waals surface area contributed by atoms with Crippen molar-refractivity contribution in [3.05, 3.63) is 42.5 Å². The molecule has 0 fully saturated rings. The van der Waals surface area contributed by atoms with Gasteiger partial charge < -0.3 is 19.7 Å². The van der Waals surface area contributed by atoms with E-state index >= 15 is 0 Å². The van der Waals surface area contributed by atoms with Crippen molar-refractivity contribution in [1.82, 2.24) is 0 Å². The summed E-state index contributed by atoms with van der Waals surface area (Å²) < 4.78 is 10.6. The van der Waals surface area contributed by atoms with Crippen molar-refractivity contribution in [1.29, 1.82) is 0 Å². The molecule has 0 aromatic heterocycles. The van der Waals surface area contributed by atoms with Gasteiger partial charge in [-0.3, -0.25) is 0 Å². The predicted molar refractivity (Wildman–Crippen MR) is 72.7 cm³/mol. The topological polar surface area (TPSA) is 58.9 Å². The fraction of sp³-hybridized carbons (Fsp3) is 0.200. The van der Waals surface area contributed by atoms with Crippen molar-refractivity contribution in [2.45, 2.75) is 0 Å². The minimum atomic E-state index is -0.00641. The highest BCUT2D eigenvalue weighted by Gasteiger charge is 2.06. The molecule has 0 spiro atoms. The van der Waals surface area contributed by atoms with E-state index in [4.69, 9.17) is 14.6 Å². The van der Waals surface area contributed by atoms with Crippen LogP contribution in [0.1, 0.15) is 0 Å². The number of benzene rings is 2. The van der Waals surface area contributed by atoms with E-state index in [9.17, 15) is 5.11 Å². The van der Waals surface area contributed by atoms with E-state index in [2.05, 4.69) is 0 Å². The number of hydrogen-bond donors (Lipinski definition) is 2. The summed E-state index contributed by atoms with van der Waals surface area (Å²) in [5.74, 6) is 1.49. The van der Waals surface area contributed by atoms with E-state index in [0.717, 1.165) is 11.1 Å². The Labute approximate surface area is 111 Å². The van der Waals surface area contributed by atoms with E-state index in [1.54, 1.807) is 25.3 Å². The summed E-state index contributed by atoms with van der Waals surface area (Å²) in [5.41, 5.74) is 1.86. The molecule has 2 N–H and O–H groups in total. The predicted octanol–water partition coefficient (Wildman–Crippen LogP) is 2.44. The molecule has 0 heterocycles. The fourth-order valence-electron chi connectivity index (χ4n) is 1.81. The van der Waals surface area contributed by atoms with E-state index in [0.29, 0.717) is 11.5 Å². The van der Waals surface area contributed by atoms with Gasteiger partial charge in [-0.25, -0.2) is 0 Å². The van der Waals surface area contributed by atoms with Crippen molar-refractivity contribution >= 4 is 0 Å². The summed E-state index contributed by atoms with van der Waals surface area (Å²) in [6.07, 6.45) is 0. The van der Waals surface area contributed by atoms with Crippen LogP contribution in [0.2, 0.25) is 0 Å². The highest BCUT2D eigenvalue weighted by molar-refractivity contribution is 5.71. The summed E-state index contributed by atoms with van der Waals surface area (Å²) in [6, 6.07) is 12.5. The van der Waals surface area contributed by atoms with Gasteiger partial charge in [0.1, 0.15) is 23.9 Å². The van der Waals surface area contributed by atoms with Crippen LogP contribution < -0.4 is 9.47 Å². The van der Waals surface area contributed by atoms with Crippen LogP contribution >= 0.6 is 0 Å². The summed E-state index contributed by atoms with van der Waals surface area (Å²) >= 11 is 0.